The van der Waals surface area contributed by atoms with Crippen molar-refractivity contribution in [1.82, 2.24) is 15.1 Å². The number of alkyl halides is 1. The van der Waals surface area contributed by atoms with E-state index >= 15 is 0 Å². The van der Waals surface area contributed by atoms with E-state index in [1.807, 2.05) is 31.4 Å². The number of carbonyl (C=O) groups is 1. The standard InChI is InChI=1S/C15H24ClN3O.2ClH/c1-13(20)17-14-7-3-4-8-15(14,16)18(2)11-12-19-9-5-6-10-19;;/h3-4,7-8,14H,5-6,9-12H2,1-2H3,(H,17,20);2*1H. The number of carbonyl (C=O) groups excluding carboxylic acids is 1. The van der Waals surface area contributed by atoms with Crippen LogP contribution in [0.25, 0.3) is 0 Å². The molecule has 1 amide bonds. The Hall–Kier alpha value is -0.260. The Morgan fingerprint density at radius 2 is 2.00 bits per heavy atom. The summed E-state index contributed by atoms with van der Waals surface area (Å²) in [4.78, 5) is 15.2. The van der Waals surface area contributed by atoms with Crippen LogP contribution in [-0.4, -0.2) is 60.0 Å². The highest BCUT2D eigenvalue weighted by atomic mass is 35.5. The van der Waals surface area contributed by atoms with Gasteiger partial charge in [0, 0.05) is 20.0 Å². The van der Waals surface area contributed by atoms with Gasteiger partial charge < -0.3 is 10.2 Å². The molecule has 7 heteroatoms. The van der Waals surface area contributed by atoms with Crippen molar-refractivity contribution in [3.8, 4) is 0 Å². The number of rotatable bonds is 5. The van der Waals surface area contributed by atoms with Crippen LogP contribution in [0.1, 0.15) is 19.8 Å². The third kappa shape index (κ3) is 5.43. The van der Waals surface area contributed by atoms with Gasteiger partial charge in [-0.1, -0.05) is 29.8 Å². The second kappa shape index (κ2) is 9.78. The Kier molecular flexibility index (Phi) is 9.67. The first-order chi connectivity index (χ1) is 9.52. The number of nitrogens with zero attached hydrogens (tertiary/aromatic N) is 2. The summed E-state index contributed by atoms with van der Waals surface area (Å²) in [6, 6.07) is -0.199. The van der Waals surface area contributed by atoms with Gasteiger partial charge in [0.1, 0.15) is 5.00 Å². The molecule has 22 heavy (non-hydrogen) atoms. The predicted molar refractivity (Wildman–Crippen MR) is 97.3 cm³/mol. The molecule has 0 radical (unpaired) electrons. The highest BCUT2D eigenvalue weighted by Crippen LogP contribution is 2.29. The lowest BCUT2D eigenvalue weighted by Crippen LogP contribution is -2.57. The normalized spacial score (nSPS) is 27.4. The fraction of sp³-hybridized carbons (Fsp3) is 0.667. The molecule has 1 heterocycles. The summed E-state index contributed by atoms with van der Waals surface area (Å²) in [6.45, 7) is 5.81. The van der Waals surface area contributed by atoms with Crippen LogP contribution in [0.2, 0.25) is 0 Å². The Morgan fingerprint density at radius 1 is 1.36 bits per heavy atom. The molecule has 2 unspecified atom stereocenters. The molecule has 0 aromatic heterocycles. The molecule has 1 aliphatic heterocycles. The first-order valence-electron chi connectivity index (χ1n) is 7.28. The van der Waals surface area contributed by atoms with E-state index in [0.717, 1.165) is 13.1 Å². The smallest absolute Gasteiger partial charge is 0.217 e. The third-order valence-electron chi connectivity index (χ3n) is 4.07. The lowest BCUT2D eigenvalue weighted by atomic mass is 10.0. The van der Waals surface area contributed by atoms with Gasteiger partial charge >= 0.3 is 0 Å². The molecule has 0 spiro atoms. The summed E-state index contributed by atoms with van der Waals surface area (Å²) in [6.07, 6.45) is 10.4. The van der Waals surface area contributed by atoms with E-state index < -0.39 is 5.00 Å². The molecule has 2 aliphatic rings. The van der Waals surface area contributed by atoms with Gasteiger partial charge in [0.25, 0.3) is 0 Å². The summed E-state index contributed by atoms with van der Waals surface area (Å²) in [5.41, 5.74) is 0. The van der Waals surface area contributed by atoms with Crippen LogP contribution < -0.4 is 5.32 Å². The number of nitrogens with one attached hydrogen (secondary N) is 1. The van der Waals surface area contributed by atoms with Crippen LogP contribution >= 0.6 is 36.4 Å². The zero-order chi connectivity index (χ0) is 14.6. The Labute approximate surface area is 150 Å². The molecule has 4 nitrogen and oxygen atoms in total. The van der Waals surface area contributed by atoms with Gasteiger partial charge in [0.15, 0.2) is 0 Å². The van der Waals surface area contributed by atoms with E-state index in [4.69, 9.17) is 11.6 Å². The van der Waals surface area contributed by atoms with Crippen LogP contribution in [0.15, 0.2) is 24.3 Å². The largest absolute Gasteiger partial charge is 0.347 e. The van der Waals surface area contributed by atoms with Crippen molar-refractivity contribution in [2.24, 2.45) is 0 Å². The van der Waals surface area contributed by atoms with E-state index in [1.54, 1.807) is 0 Å². The number of likely N-dealkylation sites (N-methyl/N-ethyl adjacent to an activating group) is 1. The van der Waals surface area contributed by atoms with Gasteiger partial charge in [0.2, 0.25) is 5.91 Å². The summed E-state index contributed by atoms with van der Waals surface area (Å²) in [5.74, 6) is -0.0621. The molecule has 0 aromatic carbocycles. The highest BCUT2D eigenvalue weighted by Gasteiger charge is 2.38. The molecule has 2 atom stereocenters. The third-order valence-corrected chi connectivity index (χ3v) is 4.72. The quantitative estimate of drug-likeness (QED) is 0.596. The van der Waals surface area contributed by atoms with Gasteiger partial charge in [-0.15, -0.1) is 24.8 Å². The van der Waals surface area contributed by atoms with Crippen molar-refractivity contribution in [2.45, 2.75) is 30.8 Å². The Morgan fingerprint density at radius 3 is 2.59 bits per heavy atom. The van der Waals surface area contributed by atoms with Crippen LogP contribution in [0, 0.1) is 0 Å². The van der Waals surface area contributed by atoms with Crippen molar-refractivity contribution in [3.05, 3.63) is 24.3 Å². The zero-order valence-corrected chi connectivity index (χ0v) is 15.5. The second-order valence-electron chi connectivity index (χ2n) is 5.62. The number of allylic oxidation sites excluding steroid dienone is 2. The van der Waals surface area contributed by atoms with E-state index in [-0.39, 0.29) is 36.8 Å². The summed E-state index contributed by atoms with van der Waals surface area (Å²) in [5, 5.41) is 2.92. The van der Waals surface area contributed by atoms with Crippen LogP contribution in [0.3, 0.4) is 0 Å². The van der Waals surface area contributed by atoms with Gasteiger partial charge in [0.05, 0.1) is 6.04 Å². The average molecular weight is 371 g/mol. The van der Waals surface area contributed by atoms with E-state index in [1.165, 1.54) is 32.9 Å². The summed E-state index contributed by atoms with van der Waals surface area (Å²) < 4.78 is 0. The van der Waals surface area contributed by atoms with Crippen molar-refractivity contribution in [1.29, 1.82) is 0 Å². The fourth-order valence-corrected chi connectivity index (χ4v) is 3.09. The number of amides is 1. The van der Waals surface area contributed by atoms with Crippen molar-refractivity contribution < 1.29 is 4.79 Å². The molecule has 1 saturated heterocycles. The fourth-order valence-electron chi connectivity index (χ4n) is 2.81. The topological polar surface area (TPSA) is 35.6 Å². The molecule has 128 valence electrons. The first-order valence-corrected chi connectivity index (χ1v) is 7.66. The molecule has 0 aromatic rings. The Balaban J connectivity index is 0.00000220. The minimum Gasteiger partial charge on any atom is -0.347 e. The van der Waals surface area contributed by atoms with Crippen LogP contribution in [0.4, 0.5) is 0 Å². The monoisotopic (exact) mass is 369 g/mol. The summed E-state index contributed by atoms with van der Waals surface area (Å²) in [7, 11) is 2.02. The molecule has 1 aliphatic carbocycles. The average Bonchev–Trinajstić information content (AvgIpc) is 2.91. The van der Waals surface area contributed by atoms with Gasteiger partial charge in [-0.05, 0) is 39.1 Å². The maximum Gasteiger partial charge on any atom is 0.217 e. The SMILES string of the molecule is CC(=O)NC1C=CC=CC1(Cl)N(C)CCN1CCCC1.Cl.Cl. The number of likely N-dealkylation sites (tertiary alicyclic amines) is 1. The van der Waals surface area contributed by atoms with Gasteiger partial charge in [-0.2, -0.15) is 0 Å². The molecule has 1 fully saturated rings. The lowest BCUT2D eigenvalue weighted by molar-refractivity contribution is -0.119. The van der Waals surface area contributed by atoms with E-state index in [9.17, 15) is 4.79 Å². The minimum atomic E-state index is -0.680. The molecule has 1 N–H and O–H groups in total. The predicted octanol–water partition coefficient (Wildman–Crippen LogP) is 2.42. The van der Waals surface area contributed by atoms with Crippen molar-refractivity contribution >= 4 is 42.3 Å². The van der Waals surface area contributed by atoms with E-state index in [2.05, 4.69) is 15.1 Å². The van der Waals surface area contributed by atoms with Gasteiger partial charge in [-0.25, -0.2) is 0 Å². The minimum absolute atomic E-state index is 0. The zero-order valence-electron chi connectivity index (χ0n) is 13.1. The molecule has 2 rings (SSSR count). The highest BCUT2D eigenvalue weighted by molar-refractivity contribution is 6.26. The van der Waals surface area contributed by atoms with E-state index in [0.29, 0.717) is 0 Å². The Bertz CT molecular complexity index is 411. The molecule has 0 saturated carbocycles. The maximum atomic E-state index is 11.3. The van der Waals surface area contributed by atoms with Crippen molar-refractivity contribution in [2.75, 3.05) is 33.2 Å². The van der Waals surface area contributed by atoms with Gasteiger partial charge in [-0.3, -0.25) is 9.69 Å². The molecular formula is C15H26Cl3N3O. The summed E-state index contributed by atoms with van der Waals surface area (Å²) >= 11 is 6.78. The van der Waals surface area contributed by atoms with Crippen LogP contribution in [0.5, 0.6) is 0 Å². The first kappa shape index (κ1) is 21.7. The number of hydrogen-bond acceptors (Lipinski definition) is 3. The number of hydrogen-bond donors (Lipinski definition) is 1. The number of halogens is 3. The van der Waals surface area contributed by atoms with Crippen molar-refractivity contribution in [3.63, 3.8) is 0 Å². The molecular weight excluding hydrogens is 345 g/mol. The lowest BCUT2D eigenvalue weighted by Gasteiger charge is -2.41. The second-order valence-corrected chi connectivity index (χ2v) is 6.23. The molecule has 0 bridgehead atoms. The maximum absolute atomic E-state index is 11.3. The van der Waals surface area contributed by atoms with Crippen LogP contribution in [-0.2, 0) is 4.79 Å².